The number of aryl methyl sites for hydroxylation is 1. The topological polar surface area (TPSA) is 39.8 Å². The smallest absolute Gasteiger partial charge is 0.266 e. The van der Waals surface area contributed by atoms with Gasteiger partial charge >= 0.3 is 0 Å². The lowest BCUT2D eigenvalue weighted by Crippen LogP contribution is -2.22. The maximum absolute atomic E-state index is 13.5. The Morgan fingerprint density at radius 3 is 2.55 bits per heavy atom. The number of halogens is 2. The SMILES string of the molecule is Cn1cc(C=Cc2nc3ccc(I)cc3c(=O)n2-c2ccc(Cl)cc2)c2ccccc21. The zero-order valence-corrected chi connectivity index (χ0v) is 19.5. The summed E-state index contributed by atoms with van der Waals surface area (Å²) in [4.78, 5) is 18.3. The van der Waals surface area contributed by atoms with Gasteiger partial charge in [0, 0.05) is 38.3 Å². The molecule has 3 aromatic carbocycles. The summed E-state index contributed by atoms with van der Waals surface area (Å²) in [7, 11) is 2.03. The van der Waals surface area contributed by atoms with Crippen LogP contribution in [0.4, 0.5) is 0 Å². The highest BCUT2D eigenvalue weighted by molar-refractivity contribution is 14.1. The first kappa shape index (κ1) is 20.0. The van der Waals surface area contributed by atoms with E-state index in [2.05, 4.69) is 45.5 Å². The molecular weight excluding hydrogens is 521 g/mol. The zero-order valence-electron chi connectivity index (χ0n) is 16.6. The first-order chi connectivity index (χ1) is 15.0. The Kier molecular flexibility index (Phi) is 5.16. The van der Waals surface area contributed by atoms with Crippen LogP contribution in [-0.4, -0.2) is 14.1 Å². The van der Waals surface area contributed by atoms with Crippen LogP contribution >= 0.6 is 34.2 Å². The van der Waals surface area contributed by atoms with Crippen LogP contribution in [0.15, 0.2) is 77.7 Å². The highest BCUT2D eigenvalue weighted by Gasteiger charge is 2.12. The van der Waals surface area contributed by atoms with Gasteiger partial charge in [-0.25, -0.2) is 4.98 Å². The van der Waals surface area contributed by atoms with Gasteiger partial charge in [-0.3, -0.25) is 9.36 Å². The molecule has 2 aromatic heterocycles. The van der Waals surface area contributed by atoms with Crippen LogP contribution in [0.1, 0.15) is 11.4 Å². The van der Waals surface area contributed by atoms with Gasteiger partial charge in [0.2, 0.25) is 0 Å². The molecule has 0 aliphatic carbocycles. The van der Waals surface area contributed by atoms with Gasteiger partial charge in [-0.05, 0) is 83.3 Å². The predicted molar refractivity (Wildman–Crippen MR) is 137 cm³/mol. The Morgan fingerprint density at radius 1 is 0.968 bits per heavy atom. The Balaban J connectivity index is 1.74. The van der Waals surface area contributed by atoms with Crippen molar-refractivity contribution in [2.24, 2.45) is 7.05 Å². The van der Waals surface area contributed by atoms with Crippen molar-refractivity contribution in [3.05, 3.63) is 103 Å². The van der Waals surface area contributed by atoms with E-state index in [-0.39, 0.29) is 5.56 Å². The van der Waals surface area contributed by atoms with Crippen molar-refractivity contribution in [3.8, 4) is 5.69 Å². The summed E-state index contributed by atoms with van der Waals surface area (Å²) in [6, 6.07) is 21.2. The van der Waals surface area contributed by atoms with E-state index in [4.69, 9.17) is 16.6 Å². The Bertz CT molecular complexity index is 1530. The molecule has 0 saturated heterocycles. The maximum Gasteiger partial charge on any atom is 0.266 e. The number of hydrogen-bond donors (Lipinski definition) is 0. The molecule has 6 heteroatoms. The molecule has 4 nitrogen and oxygen atoms in total. The monoisotopic (exact) mass is 537 g/mol. The molecule has 5 aromatic rings. The molecule has 0 radical (unpaired) electrons. The molecule has 0 fully saturated rings. The summed E-state index contributed by atoms with van der Waals surface area (Å²) in [6.45, 7) is 0. The summed E-state index contributed by atoms with van der Waals surface area (Å²) in [5.41, 5.74) is 3.51. The van der Waals surface area contributed by atoms with Gasteiger partial charge in [0.25, 0.3) is 5.56 Å². The van der Waals surface area contributed by atoms with Crippen LogP contribution in [0.2, 0.25) is 5.02 Å². The fraction of sp³-hybridized carbons (Fsp3) is 0.0400. The van der Waals surface area contributed by atoms with E-state index >= 15 is 0 Å². The second-order valence-electron chi connectivity index (χ2n) is 7.29. The molecule has 5 rings (SSSR count). The van der Waals surface area contributed by atoms with E-state index in [1.807, 2.05) is 61.7 Å². The van der Waals surface area contributed by atoms with E-state index < -0.39 is 0 Å². The number of benzene rings is 3. The highest BCUT2D eigenvalue weighted by Crippen LogP contribution is 2.23. The fourth-order valence-electron chi connectivity index (χ4n) is 3.80. The standard InChI is InChI=1S/C25H17ClIN3O/c1-29-15-16(20-4-2-3-5-23(20)29)6-13-24-28-22-12-9-18(27)14-21(22)25(31)30(24)19-10-7-17(26)8-11-19/h2-15H,1H3. The van der Waals surface area contributed by atoms with Gasteiger partial charge in [0.05, 0.1) is 16.6 Å². The quantitative estimate of drug-likeness (QED) is 0.253. The number of para-hydroxylation sites is 1. The maximum atomic E-state index is 13.5. The lowest BCUT2D eigenvalue weighted by molar-refractivity contribution is 0.943. The van der Waals surface area contributed by atoms with E-state index in [0.29, 0.717) is 21.7 Å². The lowest BCUT2D eigenvalue weighted by Gasteiger charge is -2.12. The second-order valence-corrected chi connectivity index (χ2v) is 8.98. The molecule has 0 spiro atoms. The average molecular weight is 538 g/mol. The molecule has 0 bridgehead atoms. The summed E-state index contributed by atoms with van der Waals surface area (Å²) in [6.07, 6.45) is 5.99. The zero-order chi connectivity index (χ0) is 21.5. The largest absolute Gasteiger partial charge is 0.350 e. The van der Waals surface area contributed by atoms with Crippen molar-refractivity contribution in [2.75, 3.05) is 0 Å². The minimum atomic E-state index is -0.108. The first-order valence-corrected chi connectivity index (χ1v) is 11.2. The van der Waals surface area contributed by atoms with Crippen molar-refractivity contribution in [1.29, 1.82) is 0 Å². The molecule has 31 heavy (non-hydrogen) atoms. The number of hydrogen-bond acceptors (Lipinski definition) is 2. The summed E-state index contributed by atoms with van der Waals surface area (Å²) in [5.74, 6) is 0.564. The fourth-order valence-corrected chi connectivity index (χ4v) is 4.41. The van der Waals surface area contributed by atoms with Crippen molar-refractivity contribution in [1.82, 2.24) is 14.1 Å². The molecule has 0 saturated carbocycles. The third kappa shape index (κ3) is 3.68. The van der Waals surface area contributed by atoms with Crippen LogP contribution < -0.4 is 5.56 Å². The van der Waals surface area contributed by atoms with E-state index in [9.17, 15) is 4.79 Å². The molecule has 0 atom stereocenters. The molecule has 0 aliphatic rings. The number of rotatable bonds is 3. The molecule has 0 N–H and O–H groups in total. The normalized spacial score (nSPS) is 11.7. The van der Waals surface area contributed by atoms with Gasteiger partial charge in [0.1, 0.15) is 5.82 Å². The van der Waals surface area contributed by atoms with E-state index in [0.717, 1.165) is 25.7 Å². The lowest BCUT2D eigenvalue weighted by atomic mass is 10.1. The second kappa shape index (κ2) is 7.98. The van der Waals surface area contributed by atoms with Crippen molar-refractivity contribution < 1.29 is 0 Å². The van der Waals surface area contributed by atoms with Crippen molar-refractivity contribution in [3.63, 3.8) is 0 Å². The predicted octanol–water partition coefficient (Wildman–Crippen LogP) is 6.31. The minimum Gasteiger partial charge on any atom is -0.350 e. The van der Waals surface area contributed by atoms with Crippen LogP contribution in [0.25, 0.3) is 39.6 Å². The Hall–Kier alpha value is -2.90. The van der Waals surface area contributed by atoms with Gasteiger partial charge in [-0.2, -0.15) is 0 Å². The Labute approximate surface area is 197 Å². The highest BCUT2D eigenvalue weighted by atomic mass is 127. The average Bonchev–Trinajstić information content (AvgIpc) is 3.10. The third-order valence-electron chi connectivity index (χ3n) is 5.28. The van der Waals surface area contributed by atoms with E-state index in [1.165, 1.54) is 0 Å². The first-order valence-electron chi connectivity index (χ1n) is 9.72. The minimum absolute atomic E-state index is 0.108. The Morgan fingerprint density at radius 2 is 1.74 bits per heavy atom. The van der Waals surface area contributed by atoms with Crippen LogP contribution in [0, 0.1) is 3.57 Å². The molecule has 152 valence electrons. The third-order valence-corrected chi connectivity index (χ3v) is 6.20. The molecule has 0 unspecified atom stereocenters. The van der Waals surface area contributed by atoms with E-state index in [1.54, 1.807) is 16.7 Å². The molecular formula is C25H17ClIN3O. The summed E-state index contributed by atoms with van der Waals surface area (Å²) in [5, 5.41) is 2.36. The molecule has 0 amide bonds. The van der Waals surface area contributed by atoms with Gasteiger partial charge < -0.3 is 4.57 Å². The molecule has 2 heterocycles. The number of aromatic nitrogens is 3. The van der Waals surface area contributed by atoms with Crippen LogP contribution in [0.3, 0.4) is 0 Å². The van der Waals surface area contributed by atoms with Gasteiger partial charge in [-0.15, -0.1) is 0 Å². The number of nitrogens with zero attached hydrogens (tertiary/aromatic N) is 3. The van der Waals surface area contributed by atoms with Crippen molar-refractivity contribution in [2.45, 2.75) is 0 Å². The van der Waals surface area contributed by atoms with Crippen LogP contribution in [0.5, 0.6) is 0 Å². The number of fused-ring (bicyclic) bond motifs is 2. The summed E-state index contributed by atoms with van der Waals surface area (Å²) < 4.78 is 4.72. The van der Waals surface area contributed by atoms with Gasteiger partial charge in [-0.1, -0.05) is 29.8 Å². The van der Waals surface area contributed by atoms with Gasteiger partial charge in [0.15, 0.2) is 0 Å². The summed E-state index contributed by atoms with van der Waals surface area (Å²) >= 11 is 8.28. The van der Waals surface area contributed by atoms with Crippen molar-refractivity contribution >= 4 is 68.1 Å². The molecule has 0 aliphatic heterocycles. The van der Waals surface area contributed by atoms with Crippen LogP contribution in [-0.2, 0) is 7.05 Å².